The van der Waals surface area contributed by atoms with Gasteiger partial charge in [0.2, 0.25) is 0 Å². The Morgan fingerprint density at radius 2 is 1.93 bits per heavy atom. The fraction of sp³-hybridized carbons (Fsp3) is 0.227. The smallest absolute Gasteiger partial charge is 0.270 e. The molecule has 7 heteroatoms. The molecule has 29 heavy (non-hydrogen) atoms. The fourth-order valence-corrected chi connectivity index (χ4v) is 2.85. The van der Waals surface area contributed by atoms with Crippen molar-refractivity contribution in [3.8, 4) is 5.75 Å². The van der Waals surface area contributed by atoms with Gasteiger partial charge in [0.25, 0.3) is 5.91 Å². The topological polar surface area (TPSA) is 76.1 Å². The third kappa shape index (κ3) is 5.75. The van der Waals surface area contributed by atoms with Crippen molar-refractivity contribution in [2.75, 3.05) is 19.0 Å². The molecule has 0 aliphatic rings. The monoisotopic (exact) mass is 394 g/mol. The third-order valence-electron chi connectivity index (χ3n) is 4.32. The van der Waals surface area contributed by atoms with Crippen LogP contribution in [-0.2, 0) is 13.0 Å². The third-order valence-corrected chi connectivity index (χ3v) is 4.32. The summed E-state index contributed by atoms with van der Waals surface area (Å²) >= 11 is 0. The lowest BCUT2D eigenvalue weighted by atomic mass is 10.1. The van der Waals surface area contributed by atoms with Gasteiger partial charge in [-0.05, 0) is 37.1 Å². The van der Waals surface area contributed by atoms with Crippen LogP contribution >= 0.6 is 0 Å². The van der Waals surface area contributed by atoms with Crippen LogP contribution < -0.4 is 15.4 Å². The van der Waals surface area contributed by atoms with E-state index in [4.69, 9.17) is 4.74 Å². The van der Waals surface area contributed by atoms with E-state index in [0.29, 0.717) is 23.8 Å². The molecule has 2 aromatic carbocycles. The van der Waals surface area contributed by atoms with Crippen LogP contribution in [0.5, 0.6) is 5.75 Å². The highest BCUT2D eigenvalue weighted by atomic mass is 19.1. The molecule has 0 spiro atoms. The molecule has 0 unspecified atom stereocenters. The van der Waals surface area contributed by atoms with E-state index in [2.05, 4.69) is 20.6 Å². The lowest BCUT2D eigenvalue weighted by Gasteiger charge is -2.10. The van der Waals surface area contributed by atoms with E-state index in [0.717, 1.165) is 17.7 Å². The van der Waals surface area contributed by atoms with Crippen LogP contribution in [0.25, 0.3) is 0 Å². The molecule has 0 saturated carbocycles. The van der Waals surface area contributed by atoms with Gasteiger partial charge in [0, 0.05) is 24.7 Å². The van der Waals surface area contributed by atoms with Crippen LogP contribution in [0.3, 0.4) is 0 Å². The molecule has 0 atom stereocenters. The molecule has 6 nitrogen and oxygen atoms in total. The number of aromatic nitrogens is 2. The maximum Gasteiger partial charge on any atom is 0.270 e. The number of aryl methyl sites for hydroxylation is 1. The van der Waals surface area contributed by atoms with Crippen LogP contribution in [0, 0.1) is 12.7 Å². The van der Waals surface area contributed by atoms with Gasteiger partial charge < -0.3 is 15.4 Å². The number of rotatable bonds is 8. The van der Waals surface area contributed by atoms with Crippen LogP contribution in [-0.4, -0.2) is 29.5 Å². The molecule has 3 aromatic rings. The normalized spacial score (nSPS) is 10.4. The quantitative estimate of drug-likeness (QED) is 0.611. The maximum atomic E-state index is 13.7. The zero-order valence-electron chi connectivity index (χ0n) is 16.4. The first-order valence-electron chi connectivity index (χ1n) is 9.29. The van der Waals surface area contributed by atoms with Gasteiger partial charge in [-0.15, -0.1) is 0 Å². The summed E-state index contributed by atoms with van der Waals surface area (Å²) in [4.78, 5) is 20.9. The molecule has 1 heterocycles. The predicted octanol–water partition coefficient (Wildman–Crippen LogP) is 3.52. The van der Waals surface area contributed by atoms with Crippen molar-refractivity contribution in [2.24, 2.45) is 0 Å². The molecule has 2 N–H and O–H groups in total. The van der Waals surface area contributed by atoms with Gasteiger partial charge in [-0.25, -0.2) is 14.4 Å². The van der Waals surface area contributed by atoms with E-state index in [1.165, 1.54) is 6.07 Å². The molecule has 3 rings (SSSR count). The first-order valence-corrected chi connectivity index (χ1v) is 9.29. The summed E-state index contributed by atoms with van der Waals surface area (Å²) in [5.74, 6) is 1.12. The summed E-state index contributed by atoms with van der Waals surface area (Å²) in [6.45, 7) is 2.45. The van der Waals surface area contributed by atoms with Crippen molar-refractivity contribution in [3.63, 3.8) is 0 Å². The van der Waals surface area contributed by atoms with Crippen molar-refractivity contribution < 1.29 is 13.9 Å². The van der Waals surface area contributed by atoms with Crippen molar-refractivity contribution in [3.05, 3.63) is 83.1 Å². The molecule has 1 aromatic heterocycles. The number of ether oxygens (including phenoxy) is 1. The van der Waals surface area contributed by atoms with Crippen molar-refractivity contribution in [1.82, 2.24) is 15.3 Å². The van der Waals surface area contributed by atoms with E-state index in [-0.39, 0.29) is 24.0 Å². The number of nitrogens with zero attached hydrogens (tertiary/aromatic N) is 2. The second kappa shape index (κ2) is 9.64. The molecule has 0 fully saturated rings. The predicted molar refractivity (Wildman–Crippen MR) is 110 cm³/mol. The minimum atomic E-state index is -0.380. The van der Waals surface area contributed by atoms with Gasteiger partial charge in [-0.1, -0.05) is 30.3 Å². The SMILES string of the molecule is COc1cccc(CCNc2cc(C(=O)NCc3ccccc3F)nc(C)n2)c1. The largest absolute Gasteiger partial charge is 0.497 e. The van der Waals surface area contributed by atoms with Gasteiger partial charge in [-0.2, -0.15) is 0 Å². The summed E-state index contributed by atoms with van der Waals surface area (Å²) in [6, 6.07) is 15.8. The van der Waals surface area contributed by atoms with Crippen molar-refractivity contribution in [2.45, 2.75) is 19.9 Å². The van der Waals surface area contributed by atoms with Crippen molar-refractivity contribution >= 4 is 11.7 Å². The van der Waals surface area contributed by atoms with Gasteiger partial charge in [0.15, 0.2) is 0 Å². The van der Waals surface area contributed by atoms with E-state index < -0.39 is 0 Å². The van der Waals surface area contributed by atoms with Gasteiger partial charge in [0.1, 0.15) is 28.9 Å². The number of halogens is 1. The zero-order chi connectivity index (χ0) is 20.6. The summed E-state index contributed by atoms with van der Waals surface area (Å²) in [6.07, 6.45) is 0.773. The lowest BCUT2D eigenvalue weighted by Crippen LogP contribution is -2.25. The highest BCUT2D eigenvalue weighted by Gasteiger charge is 2.11. The molecule has 0 saturated heterocycles. The second-order valence-corrected chi connectivity index (χ2v) is 6.49. The molecule has 0 aliphatic heterocycles. The molecule has 150 valence electrons. The van der Waals surface area contributed by atoms with Crippen LogP contribution in [0.4, 0.5) is 10.2 Å². The molecular formula is C22H23FN4O2. The highest BCUT2D eigenvalue weighted by Crippen LogP contribution is 2.14. The first kappa shape index (κ1) is 20.3. The Labute approximate surface area is 169 Å². The summed E-state index contributed by atoms with van der Waals surface area (Å²) in [7, 11) is 1.64. The minimum absolute atomic E-state index is 0.0904. The van der Waals surface area contributed by atoms with E-state index in [9.17, 15) is 9.18 Å². The van der Waals surface area contributed by atoms with Crippen molar-refractivity contribution in [1.29, 1.82) is 0 Å². The number of benzene rings is 2. The Morgan fingerprint density at radius 1 is 1.10 bits per heavy atom. The summed E-state index contributed by atoms with van der Waals surface area (Å²) in [5.41, 5.74) is 1.78. The summed E-state index contributed by atoms with van der Waals surface area (Å²) < 4.78 is 18.9. The number of nitrogens with one attached hydrogen (secondary N) is 2. The number of methoxy groups -OCH3 is 1. The molecular weight excluding hydrogens is 371 g/mol. The fourth-order valence-electron chi connectivity index (χ4n) is 2.85. The van der Waals surface area contributed by atoms with Gasteiger partial charge >= 0.3 is 0 Å². The number of carbonyl (C=O) groups is 1. The van der Waals surface area contributed by atoms with Crippen LogP contribution in [0.15, 0.2) is 54.6 Å². The van der Waals surface area contributed by atoms with E-state index >= 15 is 0 Å². The standard InChI is InChI=1S/C22H23FN4O2/c1-15-26-20(22(28)25-14-17-7-3-4-9-19(17)23)13-21(27-15)24-11-10-16-6-5-8-18(12-16)29-2/h3-9,12-13H,10-11,14H2,1-2H3,(H,25,28)(H,24,26,27). The number of hydrogen-bond acceptors (Lipinski definition) is 5. The number of hydrogen-bond donors (Lipinski definition) is 2. The molecule has 0 aliphatic carbocycles. The Morgan fingerprint density at radius 3 is 2.72 bits per heavy atom. The molecule has 1 amide bonds. The Balaban J connectivity index is 1.59. The Hall–Kier alpha value is -3.48. The first-order chi connectivity index (χ1) is 14.0. The van der Waals surface area contributed by atoms with Crippen LogP contribution in [0.2, 0.25) is 0 Å². The molecule has 0 bridgehead atoms. The van der Waals surface area contributed by atoms with E-state index in [1.807, 2.05) is 24.3 Å². The lowest BCUT2D eigenvalue weighted by molar-refractivity contribution is 0.0945. The van der Waals surface area contributed by atoms with Crippen LogP contribution in [0.1, 0.15) is 27.4 Å². The number of anilines is 1. The minimum Gasteiger partial charge on any atom is -0.497 e. The van der Waals surface area contributed by atoms with E-state index in [1.54, 1.807) is 38.3 Å². The number of carbonyl (C=O) groups excluding carboxylic acids is 1. The Kier molecular flexibility index (Phi) is 6.73. The van der Waals surface area contributed by atoms with Gasteiger partial charge in [0.05, 0.1) is 7.11 Å². The Bertz CT molecular complexity index is 994. The zero-order valence-corrected chi connectivity index (χ0v) is 16.4. The average Bonchev–Trinajstić information content (AvgIpc) is 2.72. The maximum absolute atomic E-state index is 13.7. The molecule has 0 radical (unpaired) electrons. The average molecular weight is 394 g/mol. The second-order valence-electron chi connectivity index (χ2n) is 6.49. The summed E-state index contributed by atoms with van der Waals surface area (Å²) in [5, 5.41) is 5.91. The van der Waals surface area contributed by atoms with Gasteiger partial charge in [-0.3, -0.25) is 4.79 Å². The highest BCUT2D eigenvalue weighted by molar-refractivity contribution is 5.92. The number of amides is 1.